The van der Waals surface area contributed by atoms with E-state index in [-0.39, 0.29) is 18.4 Å². The van der Waals surface area contributed by atoms with Crippen LogP contribution in [0.25, 0.3) is 0 Å². The molecule has 1 unspecified atom stereocenters. The van der Waals surface area contributed by atoms with Crippen molar-refractivity contribution in [3.05, 3.63) is 36.0 Å². The molecule has 2 aliphatic rings. The summed E-state index contributed by atoms with van der Waals surface area (Å²) in [6, 6.07) is 6.84. The van der Waals surface area contributed by atoms with Crippen molar-refractivity contribution in [1.82, 2.24) is 14.9 Å². The number of amides is 2. The monoisotopic (exact) mass is 524 g/mol. The second-order valence-corrected chi connectivity index (χ2v) is 9.87. The van der Waals surface area contributed by atoms with Crippen LogP contribution in [-0.2, 0) is 16.0 Å². The van der Waals surface area contributed by atoms with E-state index >= 15 is 0 Å². The second-order valence-electron chi connectivity index (χ2n) is 9.87. The van der Waals surface area contributed by atoms with Crippen LogP contribution in [0.1, 0.15) is 52.0 Å². The van der Waals surface area contributed by atoms with Gasteiger partial charge >= 0.3 is 12.1 Å². The Hall–Kier alpha value is -3.89. The zero-order valence-corrected chi connectivity index (χ0v) is 22.3. The predicted octanol–water partition coefficient (Wildman–Crippen LogP) is 3.54. The first-order valence-electron chi connectivity index (χ1n) is 13.2. The molecule has 1 atom stereocenters. The minimum Gasteiger partial charge on any atom is -0.480 e. The summed E-state index contributed by atoms with van der Waals surface area (Å²) in [6.45, 7) is 8.86. The molecule has 0 spiro atoms. The number of hydrogen-bond donors (Lipinski definition) is 2. The molecule has 2 aromatic rings. The molecule has 204 valence electrons. The zero-order valence-electron chi connectivity index (χ0n) is 22.3. The van der Waals surface area contributed by atoms with Gasteiger partial charge in [0.25, 0.3) is 0 Å². The molecule has 2 amide bonds. The number of ether oxygens (including phenoxy) is 1. The van der Waals surface area contributed by atoms with Crippen molar-refractivity contribution in [3.8, 4) is 5.75 Å². The fourth-order valence-corrected chi connectivity index (χ4v) is 4.80. The van der Waals surface area contributed by atoms with E-state index in [4.69, 9.17) is 4.74 Å². The van der Waals surface area contributed by atoms with Gasteiger partial charge in [0.2, 0.25) is 11.9 Å². The third kappa shape index (κ3) is 5.98. The normalized spacial score (nSPS) is 16.9. The highest BCUT2D eigenvalue weighted by Gasteiger charge is 2.36. The minimum atomic E-state index is -1.44. The molecular formula is C27H36N6O5. The highest BCUT2D eigenvalue weighted by atomic mass is 16.6. The molecule has 11 heteroatoms. The van der Waals surface area contributed by atoms with Crippen LogP contribution in [0.5, 0.6) is 5.75 Å². The third-order valence-electron chi connectivity index (χ3n) is 7.08. The average molecular weight is 525 g/mol. The largest absolute Gasteiger partial charge is 0.480 e. The lowest BCUT2D eigenvalue weighted by Gasteiger charge is -2.30. The first kappa shape index (κ1) is 27.2. The number of carboxylic acids is 1. The topological polar surface area (TPSA) is 128 Å². The maximum atomic E-state index is 12.5. The number of carboxylic acid groups (broad SMARTS) is 1. The van der Waals surface area contributed by atoms with Crippen molar-refractivity contribution in [2.24, 2.45) is 0 Å². The van der Waals surface area contributed by atoms with Crippen LogP contribution in [-0.4, -0.2) is 76.2 Å². The molecule has 0 bridgehead atoms. The molecule has 0 radical (unpaired) electrons. The molecule has 3 heterocycles. The minimum absolute atomic E-state index is 0.0386. The van der Waals surface area contributed by atoms with E-state index in [2.05, 4.69) is 15.3 Å². The smallest absolute Gasteiger partial charge is 0.415 e. The van der Waals surface area contributed by atoms with Gasteiger partial charge in [0.1, 0.15) is 17.0 Å². The van der Waals surface area contributed by atoms with Crippen molar-refractivity contribution < 1.29 is 24.2 Å². The fourth-order valence-electron chi connectivity index (χ4n) is 4.80. The standard InChI is InChI=1S/C27H36N6O5/c1-4-31(5-2)25-28-18-21(33-16-8-9-22(33)34)23(29-25)30-27(3,24(35)36)17-19-10-12-20(13-11-19)38-26(37)32-14-6-7-15-32/h10-13,18H,4-9,14-17H2,1-3H3,(H,35,36)(H,28,29,30). The Labute approximate surface area is 222 Å². The zero-order chi connectivity index (χ0) is 27.3. The number of benzene rings is 1. The van der Waals surface area contributed by atoms with Crippen molar-refractivity contribution in [3.63, 3.8) is 0 Å². The Balaban J connectivity index is 1.57. The average Bonchev–Trinajstić information content (AvgIpc) is 3.58. The Bertz CT molecular complexity index is 1160. The number of aliphatic carboxylic acids is 1. The van der Waals surface area contributed by atoms with Crippen molar-refractivity contribution in [2.45, 2.75) is 58.4 Å². The molecule has 2 N–H and O–H groups in total. The van der Waals surface area contributed by atoms with E-state index in [9.17, 15) is 19.5 Å². The van der Waals surface area contributed by atoms with E-state index in [1.54, 1.807) is 47.2 Å². The highest BCUT2D eigenvalue weighted by Crippen LogP contribution is 2.32. The molecule has 2 aliphatic heterocycles. The summed E-state index contributed by atoms with van der Waals surface area (Å²) in [6.07, 6.45) is 4.46. The fraction of sp³-hybridized carbons (Fsp3) is 0.519. The SMILES string of the molecule is CCN(CC)c1ncc(N2CCCC2=O)c(NC(C)(Cc2ccc(OC(=O)N3CCCC3)cc2)C(=O)O)n1. The van der Waals surface area contributed by atoms with E-state index in [1.807, 2.05) is 18.7 Å². The molecule has 4 rings (SSSR count). The van der Waals surface area contributed by atoms with Gasteiger partial charge in [0.15, 0.2) is 5.82 Å². The Kier molecular flexibility index (Phi) is 8.33. The lowest BCUT2D eigenvalue weighted by Crippen LogP contribution is -2.46. The summed E-state index contributed by atoms with van der Waals surface area (Å²) < 4.78 is 5.46. The Morgan fingerprint density at radius 3 is 2.37 bits per heavy atom. The molecule has 2 saturated heterocycles. The van der Waals surface area contributed by atoms with Crippen molar-refractivity contribution in [1.29, 1.82) is 0 Å². The number of rotatable bonds is 10. The summed E-state index contributed by atoms with van der Waals surface area (Å²) in [5.74, 6) is 0.0697. The van der Waals surface area contributed by atoms with Crippen LogP contribution in [0.3, 0.4) is 0 Å². The van der Waals surface area contributed by atoms with Crippen LogP contribution >= 0.6 is 0 Å². The van der Waals surface area contributed by atoms with Gasteiger partial charge in [-0.05, 0) is 57.7 Å². The van der Waals surface area contributed by atoms with Gasteiger partial charge in [0, 0.05) is 45.6 Å². The van der Waals surface area contributed by atoms with Gasteiger partial charge in [0.05, 0.1) is 6.20 Å². The summed E-state index contributed by atoms with van der Waals surface area (Å²) in [5, 5.41) is 13.4. The van der Waals surface area contributed by atoms with Crippen LogP contribution in [0.2, 0.25) is 0 Å². The van der Waals surface area contributed by atoms with Crippen LogP contribution < -0.4 is 19.9 Å². The van der Waals surface area contributed by atoms with Gasteiger partial charge in [-0.25, -0.2) is 14.6 Å². The van der Waals surface area contributed by atoms with Crippen LogP contribution in [0, 0.1) is 0 Å². The van der Waals surface area contributed by atoms with Gasteiger partial charge < -0.3 is 29.9 Å². The van der Waals surface area contributed by atoms with Crippen LogP contribution in [0.4, 0.5) is 22.2 Å². The summed E-state index contributed by atoms with van der Waals surface area (Å²) in [4.78, 5) is 51.7. The maximum absolute atomic E-state index is 12.5. The molecule has 0 saturated carbocycles. The predicted molar refractivity (Wildman–Crippen MR) is 144 cm³/mol. The summed E-state index contributed by atoms with van der Waals surface area (Å²) in [7, 11) is 0. The summed E-state index contributed by atoms with van der Waals surface area (Å²) >= 11 is 0. The molecule has 2 fully saturated rings. The van der Waals surface area contributed by atoms with Crippen molar-refractivity contribution >= 4 is 35.4 Å². The van der Waals surface area contributed by atoms with E-state index in [1.165, 1.54) is 0 Å². The number of carbonyl (C=O) groups is 3. The van der Waals surface area contributed by atoms with E-state index in [0.717, 1.165) is 24.8 Å². The number of nitrogens with one attached hydrogen (secondary N) is 1. The number of carbonyl (C=O) groups excluding carboxylic acids is 2. The second kappa shape index (κ2) is 11.7. The molecule has 0 aliphatic carbocycles. The maximum Gasteiger partial charge on any atom is 0.415 e. The number of hydrogen-bond acceptors (Lipinski definition) is 8. The Morgan fingerprint density at radius 2 is 1.79 bits per heavy atom. The first-order chi connectivity index (χ1) is 18.2. The number of likely N-dealkylation sites (tertiary alicyclic amines) is 1. The molecule has 38 heavy (non-hydrogen) atoms. The van der Waals surface area contributed by atoms with E-state index < -0.39 is 11.5 Å². The number of anilines is 3. The van der Waals surface area contributed by atoms with E-state index in [0.29, 0.717) is 62.3 Å². The van der Waals surface area contributed by atoms with Crippen molar-refractivity contribution in [2.75, 3.05) is 47.8 Å². The quantitative estimate of drug-likeness (QED) is 0.479. The van der Waals surface area contributed by atoms with Gasteiger partial charge in [-0.3, -0.25) is 4.79 Å². The molecule has 1 aromatic carbocycles. The molecular weight excluding hydrogens is 488 g/mol. The van der Waals surface area contributed by atoms with Gasteiger partial charge in [-0.2, -0.15) is 4.98 Å². The number of aromatic nitrogens is 2. The Morgan fingerprint density at radius 1 is 1.11 bits per heavy atom. The highest BCUT2D eigenvalue weighted by molar-refractivity contribution is 5.98. The first-order valence-corrected chi connectivity index (χ1v) is 13.2. The number of nitrogens with zero attached hydrogens (tertiary/aromatic N) is 5. The lowest BCUT2D eigenvalue weighted by molar-refractivity contribution is -0.141. The molecule has 1 aromatic heterocycles. The van der Waals surface area contributed by atoms with Gasteiger partial charge in [-0.15, -0.1) is 0 Å². The summed E-state index contributed by atoms with van der Waals surface area (Å²) in [5.41, 5.74) is -0.236. The third-order valence-corrected chi connectivity index (χ3v) is 7.08. The lowest BCUT2D eigenvalue weighted by atomic mass is 9.92. The van der Waals surface area contributed by atoms with Crippen LogP contribution in [0.15, 0.2) is 30.5 Å². The molecule has 11 nitrogen and oxygen atoms in total. The van der Waals surface area contributed by atoms with Gasteiger partial charge in [-0.1, -0.05) is 12.1 Å².